The summed E-state index contributed by atoms with van der Waals surface area (Å²) >= 11 is 5.99. The van der Waals surface area contributed by atoms with Gasteiger partial charge in [-0.2, -0.15) is 0 Å². The number of benzene rings is 1. The largest absolute Gasteiger partial charge is 0.402 e. The molecule has 1 aromatic carbocycles. The lowest BCUT2D eigenvalue weighted by Crippen LogP contribution is -2.12. The number of aromatic nitrogens is 2. The topological polar surface area (TPSA) is 108 Å². The van der Waals surface area contributed by atoms with Crippen molar-refractivity contribution in [1.82, 2.24) is 9.97 Å². The molecule has 3 rings (SSSR count). The predicted octanol–water partition coefficient (Wildman–Crippen LogP) is 4.02. The number of Topliss-reactive ketones (excluding diaryl/α,β-unsaturated/α-hetero) is 1. The van der Waals surface area contributed by atoms with Crippen LogP contribution in [-0.4, -0.2) is 21.5 Å². The van der Waals surface area contributed by atoms with Gasteiger partial charge in [0.25, 0.3) is 0 Å². The normalized spacial score (nSPS) is 11.5. The van der Waals surface area contributed by atoms with E-state index >= 15 is 0 Å². The van der Waals surface area contributed by atoms with Gasteiger partial charge < -0.3 is 16.0 Å². The highest BCUT2D eigenvalue weighted by Gasteiger charge is 2.16. The molecule has 0 aliphatic rings. The highest BCUT2D eigenvalue weighted by atomic mass is 35.5. The van der Waals surface area contributed by atoms with Gasteiger partial charge in [0.05, 0.1) is 17.4 Å². The molecule has 0 saturated heterocycles. The van der Waals surface area contributed by atoms with E-state index < -0.39 is 5.78 Å². The van der Waals surface area contributed by atoms with Crippen molar-refractivity contribution in [1.29, 1.82) is 5.41 Å². The Labute approximate surface area is 149 Å². The van der Waals surface area contributed by atoms with Crippen LogP contribution in [0.15, 0.2) is 54.5 Å². The number of anilines is 2. The molecule has 25 heavy (non-hydrogen) atoms. The zero-order valence-corrected chi connectivity index (χ0v) is 14.2. The van der Waals surface area contributed by atoms with Crippen molar-refractivity contribution in [2.75, 3.05) is 5.32 Å². The molecule has 6 nitrogen and oxygen atoms in total. The molecule has 2 aromatic heterocycles. The highest BCUT2D eigenvalue weighted by molar-refractivity contribution is 6.50. The van der Waals surface area contributed by atoms with Gasteiger partial charge in [-0.1, -0.05) is 17.7 Å². The lowest BCUT2D eigenvalue weighted by Gasteiger charge is -2.07. The zero-order valence-electron chi connectivity index (χ0n) is 13.4. The molecule has 0 bridgehead atoms. The van der Waals surface area contributed by atoms with Crippen molar-refractivity contribution < 1.29 is 4.79 Å². The fourth-order valence-electron chi connectivity index (χ4n) is 2.43. The summed E-state index contributed by atoms with van der Waals surface area (Å²) in [4.78, 5) is 19.7. The molecule has 5 N–H and O–H groups in total. The number of allylic oxidation sites excluding steroid dienone is 2. The summed E-state index contributed by atoms with van der Waals surface area (Å²) in [5.74, 6) is -0.419. The van der Waals surface area contributed by atoms with Crippen LogP contribution in [0.4, 0.5) is 11.4 Å². The summed E-state index contributed by atoms with van der Waals surface area (Å²) in [6.07, 6.45) is 4.54. The molecule has 0 aliphatic heterocycles. The molecule has 0 unspecified atom stereocenters. The van der Waals surface area contributed by atoms with Crippen LogP contribution >= 0.6 is 11.6 Å². The number of halogens is 1. The van der Waals surface area contributed by atoms with Crippen LogP contribution in [0.2, 0.25) is 5.02 Å². The van der Waals surface area contributed by atoms with Crippen LogP contribution in [0.1, 0.15) is 17.3 Å². The van der Waals surface area contributed by atoms with Crippen LogP contribution in [0.25, 0.3) is 11.0 Å². The Morgan fingerprint density at radius 3 is 2.88 bits per heavy atom. The molecule has 0 radical (unpaired) electrons. The third-order valence-electron chi connectivity index (χ3n) is 3.51. The number of fused-ring (bicyclic) bond motifs is 1. The van der Waals surface area contributed by atoms with Gasteiger partial charge in [-0.25, -0.2) is 4.98 Å². The molecule has 0 saturated carbocycles. The van der Waals surface area contributed by atoms with Gasteiger partial charge in [-0.3, -0.25) is 10.2 Å². The first kappa shape index (κ1) is 16.7. The minimum absolute atomic E-state index is 0.172. The van der Waals surface area contributed by atoms with Gasteiger partial charge in [0.2, 0.25) is 5.78 Å². The second-order valence-corrected chi connectivity index (χ2v) is 6.03. The molecule has 0 atom stereocenters. The third kappa shape index (κ3) is 3.70. The van der Waals surface area contributed by atoms with Gasteiger partial charge in [0, 0.05) is 28.0 Å². The standard InChI is InChI=1S/C18H16ClN5O/c1-10(20)5-16(21)17(25)15-9-23-18-14(15)7-13(8-22-18)24-12-4-2-3-11(19)6-12/h2-9,21,24H,20H2,1H3,(H,22,23). The monoisotopic (exact) mass is 353 g/mol. The second-order valence-electron chi connectivity index (χ2n) is 5.59. The van der Waals surface area contributed by atoms with Crippen LogP contribution in [0, 0.1) is 5.41 Å². The molecule has 0 spiro atoms. The van der Waals surface area contributed by atoms with Gasteiger partial charge in [-0.05, 0) is 37.3 Å². The number of H-pyrrole nitrogens is 1. The Balaban J connectivity index is 1.95. The van der Waals surface area contributed by atoms with E-state index in [9.17, 15) is 4.79 Å². The van der Waals surface area contributed by atoms with Crippen LogP contribution in [0.5, 0.6) is 0 Å². The fourth-order valence-corrected chi connectivity index (χ4v) is 2.62. The zero-order chi connectivity index (χ0) is 18.0. The summed E-state index contributed by atoms with van der Waals surface area (Å²) in [5, 5.41) is 12.3. The highest BCUT2D eigenvalue weighted by Crippen LogP contribution is 2.24. The van der Waals surface area contributed by atoms with E-state index in [1.807, 2.05) is 12.1 Å². The number of aromatic amines is 1. The van der Waals surface area contributed by atoms with Crippen molar-refractivity contribution in [3.05, 3.63) is 65.1 Å². The van der Waals surface area contributed by atoms with Crippen molar-refractivity contribution in [3.63, 3.8) is 0 Å². The Morgan fingerprint density at radius 1 is 1.36 bits per heavy atom. The first-order valence-corrected chi connectivity index (χ1v) is 7.88. The maximum absolute atomic E-state index is 12.5. The lowest BCUT2D eigenvalue weighted by molar-refractivity contribution is 0.106. The maximum Gasteiger partial charge on any atom is 0.212 e. The van der Waals surface area contributed by atoms with Gasteiger partial charge in [0.15, 0.2) is 0 Å². The predicted molar refractivity (Wildman–Crippen MR) is 101 cm³/mol. The van der Waals surface area contributed by atoms with E-state index in [2.05, 4.69) is 15.3 Å². The van der Waals surface area contributed by atoms with Gasteiger partial charge in [-0.15, -0.1) is 0 Å². The summed E-state index contributed by atoms with van der Waals surface area (Å²) in [6.45, 7) is 1.63. The van der Waals surface area contributed by atoms with E-state index in [4.69, 9.17) is 22.7 Å². The summed E-state index contributed by atoms with van der Waals surface area (Å²) in [6, 6.07) is 9.10. The van der Waals surface area contributed by atoms with Gasteiger partial charge >= 0.3 is 0 Å². The lowest BCUT2D eigenvalue weighted by atomic mass is 10.1. The summed E-state index contributed by atoms with van der Waals surface area (Å²) < 4.78 is 0. The van der Waals surface area contributed by atoms with Crippen LogP contribution in [0.3, 0.4) is 0 Å². The number of carbonyl (C=O) groups excluding carboxylic acids is 1. The Kier molecular flexibility index (Phi) is 4.54. The number of nitrogens with two attached hydrogens (primary N) is 1. The fraction of sp³-hybridized carbons (Fsp3) is 0.0556. The Morgan fingerprint density at radius 2 is 2.16 bits per heavy atom. The van der Waals surface area contributed by atoms with Crippen molar-refractivity contribution in [2.45, 2.75) is 6.92 Å². The number of hydrogen-bond acceptors (Lipinski definition) is 5. The number of rotatable bonds is 5. The van der Waals surface area contributed by atoms with Crippen molar-refractivity contribution >= 4 is 45.5 Å². The second kappa shape index (κ2) is 6.78. The molecule has 3 aromatic rings. The van der Waals surface area contributed by atoms with Crippen molar-refractivity contribution in [3.8, 4) is 0 Å². The quantitative estimate of drug-likeness (QED) is 0.410. The first-order valence-electron chi connectivity index (χ1n) is 7.51. The molecule has 7 heteroatoms. The SMILES string of the molecule is CC(N)=CC(=N)C(=O)c1c[nH]c2ncc(Nc3cccc(Cl)c3)cc12. The van der Waals surface area contributed by atoms with E-state index in [0.29, 0.717) is 33.0 Å². The van der Waals surface area contributed by atoms with E-state index in [0.717, 1.165) is 5.69 Å². The van der Waals surface area contributed by atoms with Crippen molar-refractivity contribution in [2.24, 2.45) is 5.73 Å². The summed E-state index contributed by atoms with van der Waals surface area (Å²) in [7, 11) is 0. The molecular weight excluding hydrogens is 338 g/mol. The van der Waals surface area contributed by atoms with Crippen LogP contribution in [-0.2, 0) is 0 Å². The summed E-state index contributed by atoms with van der Waals surface area (Å²) in [5.41, 5.74) is 8.24. The molecule has 0 amide bonds. The number of hydrogen-bond donors (Lipinski definition) is 4. The minimum Gasteiger partial charge on any atom is -0.402 e. The molecule has 126 valence electrons. The average Bonchev–Trinajstić information content (AvgIpc) is 2.96. The third-order valence-corrected chi connectivity index (χ3v) is 3.74. The molecule has 0 aliphatic carbocycles. The number of nitrogens with one attached hydrogen (secondary N) is 3. The molecule has 0 fully saturated rings. The first-order chi connectivity index (χ1) is 11.9. The maximum atomic E-state index is 12.5. The molecule has 2 heterocycles. The van der Waals surface area contributed by atoms with Gasteiger partial charge in [0.1, 0.15) is 11.4 Å². The van der Waals surface area contributed by atoms with E-state index in [1.54, 1.807) is 37.5 Å². The van der Waals surface area contributed by atoms with E-state index in [-0.39, 0.29) is 5.71 Å². The average molecular weight is 354 g/mol. The smallest absolute Gasteiger partial charge is 0.212 e. The number of carbonyl (C=O) groups is 1. The number of pyridine rings is 1. The minimum atomic E-state index is -0.419. The van der Waals surface area contributed by atoms with Crippen LogP contribution < -0.4 is 11.1 Å². The molecular formula is C18H16ClN5O. The number of ketones is 1. The Hall–Kier alpha value is -3.12. The Bertz CT molecular complexity index is 1000. The van der Waals surface area contributed by atoms with E-state index in [1.165, 1.54) is 6.08 Å². The number of nitrogens with zero attached hydrogens (tertiary/aromatic N) is 1.